The van der Waals surface area contributed by atoms with E-state index in [0.29, 0.717) is 32.0 Å². The number of amides is 1. The normalized spacial score (nSPS) is 12.4. The fourth-order valence-corrected chi connectivity index (χ4v) is 2.25. The molecule has 9 heteroatoms. The molecule has 0 fully saturated rings. The molecule has 0 saturated heterocycles. The molecule has 166 valence electrons. The Morgan fingerprint density at radius 1 is 1.14 bits per heavy atom. The van der Waals surface area contributed by atoms with Gasteiger partial charge in [0.2, 0.25) is 0 Å². The van der Waals surface area contributed by atoms with Crippen LogP contribution in [-0.2, 0) is 4.74 Å². The number of nitrogens with zero attached hydrogens (tertiary/aromatic N) is 1. The summed E-state index contributed by atoms with van der Waals surface area (Å²) in [5, 5.41) is 19.3. The first-order valence-electron chi connectivity index (χ1n) is 9.56. The maximum absolute atomic E-state index is 11.6. The van der Waals surface area contributed by atoms with Gasteiger partial charge in [0, 0.05) is 19.6 Å². The lowest BCUT2D eigenvalue weighted by atomic mass is 10.1. The summed E-state index contributed by atoms with van der Waals surface area (Å²) in [5.41, 5.74) is 0.278. The highest BCUT2D eigenvalue weighted by atomic mass is 127. The minimum atomic E-state index is -0.699. The van der Waals surface area contributed by atoms with Crippen LogP contribution in [0.3, 0.4) is 0 Å². The number of ether oxygens (including phenoxy) is 2. The molecular weight excluding hydrogens is 487 g/mol. The van der Waals surface area contributed by atoms with E-state index < -0.39 is 17.8 Å². The Hall–Kier alpha value is -1.75. The average molecular weight is 522 g/mol. The van der Waals surface area contributed by atoms with Crippen LogP contribution in [0.15, 0.2) is 29.3 Å². The number of guanidine groups is 1. The van der Waals surface area contributed by atoms with E-state index in [1.807, 2.05) is 52.0 Å². The summed E-state index contributed by atoms with van der Waals surface area (Å²) < 4.78 is 10.3. The van der Waals surface area contributed by atoms with E-state index in [1.54, 1.807) is 7.11 Å². The lowest BCUT2D eigenvalue weighted by Crippen LogP contribution is -2.39. The zero-order valence-corrected chi connectivity index (χ0v) is 20.3. The molecule has 0 aliphatic carbocycles. The zero-order valence-electron chi connectivity index (χ0n) is 17.9. The van der Waals surface area contributed by atoms with Gasteiger partial charge in [-0.1, -0.05) is 12.1 Å². The smallest absolute Gasteiger partial charge is 0.407 e. The van der Waals surface area contributed by atoms with Crippen molar-refractivity contribution >= 4 is 36.0 Å². The highest BCUT2D eigenvalue weighted by Crippen LogP contribution is 2.17. The van der Waals surface area contributed by atoms with Crippen LogP contribution < -0.4 is 20.7 Å². The second-order valence-corrected chi connectivity index (χ2v) is 7.22. The van der Waals surface area contributed by atoms with Gasteiger partial charge in [0.15, 0.2) is 5.96 Å². The van der Waals surface area contributed by atoms with Gasteiger partial charge < -0.3 is 30.5 Å². The monoisotopic (exact) mass is 522 g/mol. The molecule has 8 nitrogen and oxygen atoms in total. The van der Waals surface area contributed by atoms with Gasteiger partial charge in [-0.3, -0.25) is 4.99 Å². The molecule has 0 saturated carbocycles. The van der Waals surface area contributed by atoms with Crippen LogP contribution in [0.25, 0.3) is 0 Å². The third-order valence-electron chi connectivity index (χ3n) is 3.58. The first kappa shape index (κ1) is 27.2. The number of carbonyl (C=O) groups excluding carboxylic acids is 1. The number of carbonyl (C=O) groups is 1. The van der Waals surface area contributed by atoms with Crippen LogP contribution >= 0.6 is 24.0 Å². The predicted molar refractivity (Wildman–Crippen MR) is 126 cm³/mol. The van der Waals surface area contributed by atoms with Gasteiger partial charge in [0.1, 0.15) is 11.4 Å². The van der Waals surface area contributed by atoms with E-state index in [0.717, 1.165) is 11.3 Å². The van der Waals surface area contributed by atoms with E-state index in [2.05, 4.69) is 20.9 Å². The molecule has 1 amide bonds. The Bertz CT molecular complexity index is 618. The van der Waals surface area contributed by atoms with Crippen molar-refractivity contribution in [3.63, 3.8) is 0 Å². The Morgan fingerprint density at radius 3 is 2.31 bits per heavy atom. The molecule has 1 rings (SSSR count). The van der Waals surface area contributed by atoms with Gasteiger partial charge >= 0.3 is 6.09 Å². The van der Waals surface area contributed by atoms with Crippen LogP contribution in [0.5, 0.6) is 5.75 Å². The SMILES string of the molecule is CCNC(=NCC(O)c1ccc(OC)cc1)NCCCNC(=O)OC(C)(C)C.I. The molecule has 1 aromatic rings. The second-order valence-electron chi connectivity index (χ2n) is 7.22. The van der Waals surface area contributed by atoms with E-state index >= 15 is 0 Å². The minimum absolute atomic E-state index is 0. The number of aliphatic imine (C=N–C) groups is 1. The molecule has 0 radical (unpaired) electrons. The van der Waals surface area contributed by atoms with E-state index in [-0.39, 0.29) is 30.5 Å². The number of methoxy groups -OCH3 is 1. The number of hydrogen-bond donors (Lipinski definition) is 4. The molecule has 4 N–H and O–H groups in total. The van der Waals surface area contributed by atoms with Crippen molar-refractivity contribution in [2.24, 2.45) is 4.99 Å². The summed E-state index contributed by atoms with van der Waals surface area (Å²) in [6.45, 7) is 9.52. The molecule has 0 spiro atoms. The Labute approximate surface area is 190 Å². The lowest BCUT2D eigenvalue weighted by Gasteiger charge is -2.19. The average Bonchev–Trinajstić information content (AvgIpc) is 2.64. The summed E-state index contributed by atoms with van der Waals surface area (Å²) >= 11 is 0. The zero-order chi connectivity index (χ0) is 21.0. The molecule has 0 aliphatic rings. The van der Waals surface area contributed by atoms with Crippen LogP contribution in [0.1, 0.15) is 45.8 Å². The quantitative estimate of drug-likeness (QED) is 0.172. The fourth-order valence-electron chi connectivity index (χ4n) is 2.25. The summed E-state index contributed by atoms with van der Waals surface area (Å²) in [4.78, 5) is 16.0. The van der Waals surface area contributed by atoms with E-state index in [4.69, 9.17) is 9.47 Å². The molecule has 0 bridgehead atoms. The molecule has 0 aromatic heterocycles. The third-order valence-corrected chi connectivity index (χ3v) is 3.58. The first-order chi connectivity index (χ1) is 13.2. The fraction of sp³-hybridized carbons (Fsp3) is 0.600. The van der Waals surface area contributed by atoms with Gasteiger partial charge in [0.05, 0.1) is 19.8 Å². The second kappa shape index (κ2) is 14.3. The Kier molecular flexibility index (Phi) is 13.4. The molecular formula is C20H35IN4O4. The minimum Gasteiger partial charge on any atom is -0.497 e. The van der Waals surface area contributed by atoms with Gasteiger partial charge in [-0.2, -0.15) is 0 Å². The highest BCUT2D eigenvalue weighted by molar-refractivity contribution is 14.0. The number of benzene rings is 1. The van der Waals surface area contributed by atoms with Gasteiger partial charge in [-0.05, 0) is 51.8 Å². The van der Waals surface area contributed by atoms with Gasteiger partial charge in [0.25, 0.3) is 0 Å². The molecule has 0 heterocycles. The largest absolute Gasteiger partial charge is 0.497 e. The Morgan fingerprint density at radius 2 is 1.76 bits per heavy atom. The molecule has 0 aliphatic heterocycles. The summed E-state index contributed by atoms with van der Waals surface area (Å²) in [5.74, 6) is 1.36. The number of nitrogens with one attached hydrogen (secondary N) is 3. The number of aliphatic hydroxyl groups is 1. The van der Waals surface area contributed by atoms with E-state index in [9.17, 15) is 9.90 Å². The molecule has 1 unspecified atom stereocenters. The maximum atomic E-state index is 11.6. The lowest BCUT2D eigenvalue weighted by molar-refractivity contribution is 0.0527. The maximum Gasteiger partial charge on any atom is 0.407 e. The first-order valence-corrected chi connectivity index (χ1v) is 9.56. The number of alkyl carbamates (subject to hydrolysis) is 1. The van der Waals surface area contributed by atoms with Crippen molar-refractivity contribution in [1.82, 2.24) is 16.0 Å². The third kappa shape index (κ3) is 12.4. The number of aliphatic hydroxyl groups excluding tert-OH is 1. The van der Waals surface area contributed by atoms with Crippen molar-refractivity contribution in [3.8, 4) is 5.75 Å². The highest BCUT2D eigenvalue weighted by Gasteiger charge is 2.15. The molecule has 29 heavy (non-hydrogen) atoms. The van der Waals surface area contributed by atoms with Gasteiger partial charge in [-0.25, -0.2) is 4.79 Å². The summed E-state index contributed by atoms with van der Waals surface area (Å²) in [6, 6.07) is 7.26. The number of hydrogen-bond acceptors (Lipinski definition) is 5. The van der Waals surface area contributed by atoms with E-state index in [1.165, 1.54) is 0 Å². The van der Waals surface area contributed by atoms with Gasteiger partial charge in [-0.15, -0.1) is 24.0 Å². The molecule has 1 atom stereocenters. The van der Waals surface area contributed by atoms with Crippen molar-refractivity contribution in [2.45, 2.75) is 45.8 Å². The van der Waals surface area contributed by atoms with Crippen LogP contribution in [0.2, 0.25) is 0 Å². The number of rotatable bonds is 9. The summed E-state index contributed by atoms with van der Waals surface area (Å²) in [7, 11) is 1.60. The van der Waals surface area contributed by atoms with Crippen molar-refractivity contribution in [2.75, 3.05) is 33.3 Å². The van der Waals surface area contributed by atoms with Crippen molar-refractivity contribution in [3.05, 3.63) is 29.8 Å². The van der Waals surface area contributed by atoms with Crippen LogP contribution in [0, 0.1) is 0 Å². The summed E-state index contributed by atoms with van der Waals surface area (Å²) in [6.07, 6.45) is -0.407. The molecule has 1 aromatic carbocycles. The van der Waals surface area contributed by atoms with Crippen molar-refractivity contribution < 1.29 is 19.4 Å². The predicted octanol–water partition coefficient (Wildman–Crippen LogP) is 2.82. The van der Waals surface area contributed by atoms with Crippen LogP contribution in [-0.4, -0.2) is 56.0 Å². The standard InChI is InChI=1S/C20H34N4O4.HI/c1-6-21-18(22-12-7-13-23-19(26)28-20(2,3)4)24-14-17(25)15-8-10-16(27-5)11-9-15;/h8-11,17,25H,6-7,12-14H2,1-5H3,(H,23,26)(H2,21,22,24);1H. The van der Waals surface area contributed by atoms with Crippen molar-refractivity contribution in [1.29, 1.82) is 0 Å². The Balaban J connectivity index is 0.00000784. The topological polar surface area (TPSA) is 104 Å². The van der Waals surface area contributed by atoms with Crippen LogP contribution in [0.4, 0.5) is 4.79 Å². The number of halogens is 1.